The van der Waals surface area contributed by atoms with Crippen molar-refractivity contribution in [3.8, 4) is 6.07 Å². The Kier molecular flexibility index (Phi) is 10.5. The predicted molar refractivity (Wildman–Crippen MR) is 92.1 cm³/mol. The van der Waals surface area contributed by atoms with Crippen LogP contribution in [0.2, 0.25) is 0 Å². The molecule has 0 aromatic heterocycles. The maximum absolute atomic E-state index is 9.50. The average Bonchev–Trinajstić information content (AvgIpc) is 2.31. The normalized spacial score (nSPS) is 13.1. The molecule has 18 heavy (non-hydrogen) atoms. The third kappa shape index (κ3) is 5.20. The van der Waals surface area contributed by atoms with Crippen LogP contribution in [-0.2, 0) is 0 Å². The molecule has 0 aliphatic heterocycles. The Morgan fingerprint density at radius 3 is 1.72 bits per heavy atom. The molecule has 0 aromatic rings. The molecule has 2 N–H and O–H groups in total. The Morgan fingerprint density at radius 1 is 1.00 bits per heavy atom. The molecule has 104 valence electrons. The summed E-state index contributed by atoms with van der Waals surface area (Å²) in [4.78, 5) is 0. The van der Waals surface area contributed by atoms with E-state index in [1.807, 2.05) is 35.3 Å². The largest absolute Gasteiger partial charge is 0.393 e. The van der Waals surface area contributed by atoms with Gasteiger partial charge in [-0.1, -0.05) is 27.7 Å². The molecule has 0 fully saturated rings. The second-order valence-corrected chi connectivity index (χ2v) is 9.66. The van der Waals surface area contributed by atoms with E-state index in [9.17, 15) is 5.26 Å². The van der Waals surface area contributed by atoms with E-state index < -0.39 is 0 Å². The summed E-state index contributed by atoms with van der Waals surface area (Å²) in [5.41, 5.74) is 6.83. The van der Waals surface area contributed by atoms with Crippen LogP contribution in [0.15, 0.2) is 10.6 Å². The van der Waals surface area contributed by atoms with Crippen molar-refractivity contribution in [2.75, 3.05) is 23.0 Å². The highest BCUT2D eigenvalue weighted by molar-refractivity contribution is 8.34. The van der Waals surface area contributed by atoms with Gasteiger partial charge in [-0.15, -0.1) is 47.0 Å². The van der Waals surface area contributed by atoms with Gasteiger partial charge in [-0.3, -0.25) is 0 Å². The summed E-state index contributed by atoms with van der Waals surface area (Å²) in [5, 5.41) is 10.2. The van der Waals surface area contributed by atoms with Crippen molar-refractivity contribution >= 4 is 47.0 Å². The summed E-state index contributed by atoms with van der Waals surface area (Å²) < 4.78 is -0.237. The molecule has 0 heterocycles. The number of hydrogen-bond acceptors (Lipinski definition) is 6. The fourth-order valence-electron chi connectivity index (χ4n) is 1.41. The van der Waals surface area contributed by atoms with Crippen LogP contribution in [0.5, 0.6) is 0 Å². The highest BCUT2D eigenvalue weighted by Crippen LogP contribution is 2.53. The average molecular weight is 323 g/mol. The number of hydrogen-bond donors (Lipinski definition) is 1. The molecule has 2 nitrogen and oxygen atoms in total. The van der Waals surface area contributed by atoms with Crippen molar-refractivity contribution in [3.63, 3.8) is 0 Å². The van der Waals surface area contributed by atoms with Gasteiger partial charge < -0.3 is 5.73 Å². The van der Waals surface area contributed by atoms with Crippen LogP contribution in [0.1, 0.15) is 27.7 Å². The predicted octanol–water partition coefficient (Wildman–Crippen LogP) is 4.35. The lowest BCUT2D eigenvalue weighted by molar-refractivity contribution is 1.28. The zero-order valence-electron chi connectivity index (χ0n) is 11.5. The van der Waals surface area contributed by atoms with Crippen LogP contribution >= 0.6 is 47.0 Å². The fraction of sp³-hybridized carbons (Fsp3) is 0.750. The van der Waals surface area contributed by atoms with Gasteiger partial charge in [0.1, 0.15) is 9.48 Å². The summed E-state index contributed by atoms with van der Waals surface area (Å²) >= 11 is 7.00. The van der Waals surface area contributed by atoms with Gasteiger partial charge in [-0.25, -0.2) is 0 Å². The van der Waals surface area contributed by atoms with E-state index in [0.717, 1.165) is 28.6 Å². The summed E-state index contributed by atoms with van der Waals surface area (Å²) in [5.74, 6) is 3.84. The maximum atomic E-state index is 9.50. The van der Waals surface area contributed by atoms with Crippen LogP contribution in [0.4, 0.5) is 0 Å². The van der Waals surface area contributed by atoms with Crippen LogP contribution < -0.4 is 5.73 Å². The fourth-order valence-corrected chi connectivity index (χ4v) is 7.42. The summed E-state index contributed by atoms with van der Waals surface area (Å²) in [6.45, 7) is 8.44. The van der Waals surface area contributed by atoms with Crippen molar-refractivity contribution in [2.24, 2.45) is 5.73 Å². The second kappa shape index (κ2) is 10.2. The Morgan fingerprint density at radius 2 is 1.44 bits per heavy atom. The molecule has 0 spiro atoms. The highest BCUT2D eigenvalue weighted by Gasteiger charge is 2.37. The first kappa shape index (κ1) is 18.4. The van der Waals surface area contributed by atoms with Crippen LogP contribution in [0.25, 0.3) is 0 Å². The minimum atomic E-state index is -0.237. The number of nitrogens with zero attached hydrogens (tertiary/aromatic N) is 1. The van der Waals surface area contributed by atoms with E-state index in [-0.39, 0.29) is 3.41 Å². The van der Waals surface area contributed by atoms with Crippen molar-refractivity contribution < 1.29 is 0 Å². The molecule has 0 atom stereocenters. The van der Waals surface area contributed by atoms with Crippen molar-refractivity contribution in [2.45, 2.75) is 31.1 Å². The van der Waals surface area contributed by atoms with Crippen molar-refractivity contribution in [1.29, 1.82) is 5.26 Å². The number of nitriles is 1. The maximum Gasteiger partial charge on any atom is 0.145 e. The molecule has 0 saturated heterocycles. The highest BCUT2D eigenvalue weighted by atomic mass is 32.3. The first-order valence-electron chi connectivity index (χ1n) is 6.06. The van der Waals surface area contributed by atoms with Gasteiger partial charge in [0.2, 0.25) is 0 Å². The van der Waals surface area contributed by atoms with Gasteiger partial charge in [0, 0.05) is 0 Å². The molecule has 0 bridgehead atoms. The zero-order valence-corrected chi connectivity index (χ0v) is 14.8. The molecule has 0 aromatic carbocycles. The molecule has 0 aliphatic rings. The number of nitrogens with two attached hydrogens (primary N) is 1. The van der Waals surface area contributed by atoms with Crippen LogP contribution in [0.3, 0.4) is 0 Å². The van der Waals surface area contributed by atoms with Gasteiger partial charge >= 0.3 is 0 Å². The monoisotopic (exact) mass is 322 g/mol. The van der Waals surface area contributed by atoms with E-state index in [1.165, 1.54) is 0 Å². The quantitative estimate of drug-likeness (QED) is 0.503. The third-order valence-corrected chi connectivity index (χ3v) is 7.51. The smallest absolute Gasteiger partial charge is 0.145 e. The van der Waals surface area contributed by atoms with Crippen molar-refractivity contribution in [3.05, 3.63) is 10.6 Å². The molecular formula is C12H22N2S4. The number of rotatable bonds is 9. The molecule has 0 aliphatic carbocycles. The molecular weight excluding hydrogens is 300 g/mol. The lowest BCUT2D eigenvalue weighted by Gasteiger charge is -2.31. The lowest BCUT2D eigenvalue weighted by Crippen LogP contribution is -2.23. The Labute approximate surface area is 128 Å². The van der Waals surface area contributed by atoms with Crippen molar-refractivity contribution in [1.82, 2.24) is 0 Å². The second-order valence-electron chi connectivity index (χ2n) is 3.14. The van der Waals surface area contributed by atoms with Crippen LogP contribution in [-0.4, -0.2) is 26.4 Å². The Hall–Kier alpha value is 0.430. The summed E-state index contributed by atoms with van der Waals surface area (Å²) in [6, 6.07) is 2.35. The first-order valence-corrected chi connectivity index (χ1v) is 10.0. The SMILES string of the molecule is CCS/C(N)=C(\C#N)C(SCC)(SCC)SCC. The van der Waals surface area contributed by atoms with Gasteiger partial charge in [-0.2, -0.15) is 5.26 Å². The minimum absolute atomic E-state index is 0.237. The first-order chi connectivity index (χ1) is 8.61. The van der Waals surface area contributed by atoms with E-state index in [1.54, 1.807) is 11.8 Å². The molecule has 0 unspecified atom stereocenters. The summed E-state index contributed by atoms with van der Waals surface area (Å²) in [6.07, 6.45) is 0. The molecule has 0 saturated carbocycles. The lowest BCUT2D eigenvalue weighted by atomic mass is 10.3. The third-order valence-electron chi connectivity index (χ3n) is 1.97. The zero-order chi connectivity index (χ0) is 14.0. The van der Waals surface area contributed by atoms with Gasteiger partial charge in [0.15, 0.2) is 0 Å². The van der Waals surface area contributed by atoms with E-state index in [2.05, 4.69) is 33.8 Å². The topological polar surface area (TPSA) is 49.8 Å². The Bertz CT molecular complexity index is 293. The molecule has 6 heteroatoms. The minimum Gasteiger partial charge on any atom is -0.393 e. The summed E-state index contributed by atoms with van der Waals surface area (Å²) in [7, 11) is 0. The van der Waals surface area contributed by atoms with E-state index in [4.69, 9.17) is 5.73 Å². The molecule has 0 amide bonds. The van der Waals surface area contributed by atoms with Gasteiger partial charge in [0.25, 0.3) is 0 Å². The van der Waals surface area contributed by atoms with E-state index >= 15 is 0 Å². The van der Waals surface area contributed by atoms with Gasteiger partial charge in [0.05, 0.1) is 10.6 Å². The Balaban J connectivity index is 5.47. The van der Waals surface area contributed by atoms with E-state index in [0.29, 0.717) is 5.03 Å². The number of thioether (sulfide) groups is 4. The molecule has 0 radical (unpaired) electrons. The molecule has 0 rings (SSSR count). The van der Waals surface area contributed by atoms with Crippen LogP contribution in [0, 0.1) is 11.3 Å². The standard InChI is InChI=1S/C12H22N2S4/c1-5-15-11(14)10(9-13)12(16-6-2,17-7-3)18-8-4/h5-8,14H2,1-4H3/b11-10+. The van der Waals surface area contributed by atoms with Gasteiger partial charge in [-0.05, 0) is 23.0 Å².